The number of aliphatic hydroxyl groups is 1. The van der Waals surface area contributed by atoms with Crippen molar-refractivity contribution in [3.8, 4) is 0 Å². The summed E-state index contributed by atoms with van der Waals surface area (Å²) >= 11 is 0. The molecular weight excluding hydrogens is 244 g/mol. The smallest absolute Gasteiger partial charge is 0.234 e. The van der Waals surface area contributed by atoms with E-state index in [0.717, 1.165) is 13.0 Å². The monoisotopic (exact) mass is 270 g/mol. The minimum atomic E-state index is -0.417. The highest BCUT2D eigenvalue weighted by Gasteiger charge is 2.32. The van der Waals surface area contributed by atoms with Gasteiger partial charge in [0.2, 0.25) is 5.91 Å². The fourth-order valence-corrected chi connectivity index (χ4v) is 2.72. The number of aliphatic hydroxyl groups excluding tert-OH is 1. The van der Waals surface area contributed by atoms with E-state index in [0.29, 0.717) is 5.92 Å². The predicted molar refractivity (Wildman–Crippen MR) is 73.7 cm³/mol. The van der Waals surface area contributed by atoms with Gasteiger partial charge in [0.15, 0.2) is 5.78 Å². The van der Waals surface area contributed by atoms with Crippen LogP contribution in [0.3, 0.4) is 0 Å². The molecule has 0 spiro atoms. The molecule has 1 rings (SSSR count). The number of Topliss-reactive ketones (excluding diaryl/α,β-unsaturated/α-hetero) is 1. The van der Waals surface area contributed by atoms with E-state index in [1.54, 1.807) is 0 Å². The van der Waals surface area contributed by atoms with Gasteiger partial charge in [0, 0.05) is 6.04 Å². The summed E-state index contributed by atoms with van der Waals surface area (Å²) < 4.78 is 0. The van der Waals surface area contributed by atoms with Gasteiger partial charge < -0.3 is 10.4 Å². The second kappa shape index (κ2) is 7.01. The summed E-state index contributed by atoms with van der Waals surface area (Å²) in [5.74, 6) is 0.345. The average molecular weight is 270 g/mol. The highest BCUT2D eigenvalue weighted by Crippen LogP contribution is 2.22. The fourth-order valence-electron chi connectivity index (χ4n) is 2.72. The number of rotatable bonds is 6. The molecule has 0 radical (unpaired) electrons. The Morgan fingerprint density at radius 2 is 2.05 bits per heavy atom. The molecule has 5 heteroatoms. The third-order valence-electron chi connectivity index (χ3n) is 3.95. The van der Waals surface area contributed by atoms with Crippen LogP contribution in [0, 0.1) is 11.8 Å². The lowest BCUT2D eigenvalue weighted by Crippen LogP contribution is -2.49. The Balaban J connectivity index is 2.53. The first kappa shape index (κ1) is 16.1. The number of nitrogens with zero attached hydrogens (tertiary/aromatic N) is 1. The third-order valence-corrected chi connectivity index (χ3v) is 3.95. The fraction of sp³-hybridized carbons (Fsp3) is 0.857. The lowest BCUT2D eigenvalue weighted by molar-refractivity contribution is -0.128. The summed E-state index contributed by atoms with van der Waals surface area (Å²) in [5, 5.41) is 12.1. The molecule has 1 aliphatic heterocycles. The Labute approximate surface area is 115 Å². The topological polar surface area (TPSA) is 69.6 Å². The van der Waals surface area contributed by atoms with Crippen molar-refractivity contribution in [1.29, 1.82) is 0 Å². The van der Waals surface area contributed by atoms with Gasteiger partial charge in [0.05, 0.1) is 19.2 Å². The molecule has 2 N–H and O–H groups in total. The van der Waals surface area contributed by atoms with Gasteiger partial charge in [-0.1, -0.05) is 20.8 Å². The molecule has 1 fully saturated rings. The van der Waals surface area contributed by atoms with Crippen molar-refractivity contribution in [2.75, 3.05) is 19.7 Å². The van der Waals surface area contributed by atoms with Gasteiger partial charge in [-0.25, -0.2) is 0 Å². The minimum absolute atomic E-state index is 0.0168. The maximum absolute atomic E-state index is 12.0. The molecule has 19 heavy (non-hydrogen) atoms. The Morgan fingerprint density at radius 3 is 2.53 bits per heavy atom. The zero-order valence-electron chi connectivity index (χ0n) is 12.3. The van der Waals surface area contributed by atoms with E-state index in [-0.39, 0.29) is 36.8 Å². The Bertz CT molecular complexity index is 331. The van der Waals surface area contributed by atoms with E-state index in [9.17, 15) is 14.7 Å². The van der Waals surface area contributed by atoms with Crippen molar-refractivity contribution in [2.24, 2.45) is 11.8 Å². The van der Waals surface area contributed by atoms with Gasteiger partial charge in [0.25, 0.3) is 0 Å². The van der Waals surface area contributed by atoms with E-state index in [1.807, 2.05) is 18.7 Å². The number of carbonyl (C=O) groups excluding carboxylic acids is 2. The zero-order valence-corrected chi connectivity index (χ0v) is 12.3. The van der Waals surface area contributed by atoms with Crippen molar-refractivity contribution < 1.29 is 14.7 Å². The standard InChI is InChI=1S/C14H26N2O3/c1-9(2)14(11(4)18)15-13(19)7-16-6-5-10(3)12(16)8-17/h9-10,12,14,17H,5-8H2,1-4H3,(H,15,19). The lowest BCUT2D eigenvalue weighted by Gasteiger charge is -2.26. The van der Waals surface area contributed by atoms with Crippen LogP contribution in [-0.4, -0.2) is 53.5 Å². The van der Waals surface area contributed by atoms with Gasteiger partial charge in [-0.05, 0) is 31.7 Å². The molecule has 1 heterocycles. The number of likely N-dealkylation sites (tertiary alicyclic amines) is 1. The van der Waals surface area contributed by atoms with Crippen LogP contribution >= 0.6 is 0 Å². The minimum Gasteiger partial charge on any atom is -0.395 e. The van der Waals surface area contributed by atoms with Crippen LogP contribution < -0.4 is 5.32 Å². The number of carbonyl (C=O) groups is 2. The molecule has 0 aromatic carbocycles. The second-order valence-corrected chi connectivity index (χ2v) is 5.89. The maximum Gasteiger partial charge on any atom is 0.234 e. The molecule has 0 aromatic rings. The van der Waals surface area contributed by atoms with Gasteiger partial charge in [-0.2, -0.15) is 0 Å². The van der Waals surface area contributed by atoms with Gasteiger partial charge >= 0.3 is 0 Å². The van der Waals surface area contributed by atoms with Gasteiger partial charge in [-0.15, -0.1) is 0 Å². The third kappa shape index (κ3) is 4.28. The Kier molecular flexibility index (Phi) is 5.94. The van der Waals surface area contributed by atoms with E-state index < -0.39 is 6.04 Å². The highest BCUT2D eigenvalue weighted by molar-refractivity contribution is 5.88. The number of ketones is 1. The van der Waals surface area contributed by atoms with Crippen LogP contribution in [0.1, 0.15) is 34.1 Å². The van der Waals surface area contributed by atoms with E-state index >= 15 is 0 Å². The molecule has 3 atom stereocenters. The molecular formula is C14H26N2O3. The van der Waals surface area contributed by atoms with Gasteiger partial charge in [-0.3, -0.25) is 14.5 Å². The molecule has 5 nitrogen and oxygen atoms in total. The van der Waals surface area contributed by atoms with E-state index in [1.165, 1.54) is 6.92 Å². The number of hydrogen-bond donors (Lipinski definition) is 2. The van der Waals surface area contributed by atoms with Crippen molar-refractivity contribution in [3.63, 3.8) is 0 Å². The van der Waals surface area contributed by atoms with Crippen LogP contribution in [-0.2, 0) is 9.59 Å². The van der Waals surface area contributed by atoms with Crippen molar-refractivity contribution in [1.82, 2.24) is 10.2 Å². The summed E-state index contributed by atoms with van der Waals surface area (Å²) in [6.45, 7) is 8.58. The molecule has 0 bridgehead atoms. The molecule has 0 aliphatic carbocycles. The van der Waals surface area contributed by atoms with Crippen molar-refractivity contribution in [2.45, 2.75) is 46.2 Å². The number of nitrogens with one attached hydrogen (secondary N) is 1. The normalized spacial score (nSPS) is 25.6. The van der Waals surface area contributed by atoms with Crippen LogP contribution in [0.4, 0.5) is 0 Å². The van der Waals surface area contributed by atoms with Crippen LogP contribution in [0.5, 0.6) is 0 Å². The molecule has 0 saturated carbocycles. The van der Waals surface area contributed by atoms with Crippen LogP contribution in [0.15, 0.2) is 0 Å². The Hall–Kier alpha value is -0.940. The van der Waals surface area contributed by atoms with Crippen molar-refractivity contribution >= 4 is 11.7 Å². The summed E-state index contributed by atoms with van der Waals surface area (Å²) in [5.41, 5.74) is 0. The molecule has 3 unspecified atom stereocenters. The summed E-state index contributed by atoms with van der Waals surface area (Å²) in [7, 11) is 0. The molecule has 1 saturated heterocycles. The molecule has 1 aliphatic rings. The average Bonchev–Trinajstić information content (AvgIpc) is 2.66. The Morgan fingerprint density at radius 1 is 1.42 bits per heavy atom. The molecule has 110 valence electrons. The quantitative estimate of drug-likeness (QED) is 0.734. The summed E-state index contributed by atoms with van der Waals surface area (Å²) in [4.78, 5) is 25.5. The van der Waals surface area contributed by atoms with Crippen LogP contribution in [0.25, 0.3) is 0 Å². The predicted octanol–water partition coefficient (Wildman–Crippen LogP) is 0.419. The van der Waals surface area contributed by atoms with Gasteiger partial charge in [0.1, 0.15) is 0 Å². The summed E-state index contributed by atoms with van der Waals surface area (Å²) in [6, 6.07) is -0.360. The number of amides is 1. The second-order valence-electron chi connectivity index (χ2n) is 5.89. The molecule has 0 aromatic heterocycles. The SMILES string of the molecule is CC(=O)C(NC(=O)CN1CCC(C)C1CO)C(C)C. The highest BCUT2D eigenvalue weighted by atomic mass is 16.3. The first-order valence-electron chi connectivity index (χ1n) is 7.01. The largest absolute Gasteiger partial charge is 0.395 e. The van der Waals surface area contributed by atoms with Crippen LogP contribution in [0.2, 0.25) is 0 Å². The first-order chi connectivity index (χ1) is 8.86. The maximum atomic E-state index is 12.0. The summed E-state index contributed by atoms with van der Waals surface area (Å²) in [6.07, 6.45) is 0.999. The molecule has 1 amide bonds. The number of hydrogen-bond acceptors (Lipinski definition) is 4. The lowest BCUT2D eigenvalue weighted by atomic mass is 10.0. The first-order valence-corrected chi connectivity index (χ1v) is 7.01. The zero-order chi connectivity index (χ0) is 14.6. The van der Waals surface area contributed by atoms with E-state index in [4.69, 9.17) is 0 Å². The van der Waals surface area contributed by atoms with Crippen molar-refractivity contribution in [3.05, 3.63) is 0 Å². The van der Waals surface area contributed by atoms with E-state index in [2.05, 4.69) is 12.2 Å².